The number of nitrogens with zero attached hydrogens (tertiary/aromatic N) is 3. The summed E-state index contributed by atoms with van der Waals surface area (Å²) in [6.45, 7) is 7.79. The average Bonchev–Trinajstić information content (AvgIpc) is 3.35. The second-order valence-electron chi connectivity index (χ2n) is 6.36. The van der Waals surface area contributed by atoms with Crippen LogP contribution >= 0.6 is 11.8 Å². The third-order valence-corrected chi connectivity index (χ3v) is 5.28. The van der Waals surface area contributed by atoms with E-state index in [4.69, 9.17) is 0 Å². The number of thioether (sulfide) groups is 1. The van der Waals surface area contributed by atoms with Gasteiger partial charge >= 0.3 is 0 Å². The van der Waals surface area contributed by atoms with Gasteiger partial charge in [-0.25, -0.2) is 0 Å². The minimum Gasteiger partial charge on any atom is -0.313 e. The van der Waals surface area contributed by atoms with Gasteiger partial charge < -0.3 is 9.88 Å². The highest BCUT2D eigenvalue weighted by atomic mass is 32.2. The fraction of sp³-hybridized carbons (Fsp3) is 0.867. The Hall–Kier alpha value is -0.550. The molecule has 20 heavy (non-hydrogen) atoms. The van der Waals surface area contributed by atoms with Crippen molar-refractivity contribution >= 4 is 11.8 Å². The van der Waals surface area contributed by atoms with Gasteiger partial charge in [0.2, 0.25) is 0 Å². The van der Waals surface area contributed by atoms with E-state index in [1.807, 2.05) is 11.8 Å². The summed E-state index contributed by atoms with van der Waals surface area (Å²) in [5.41, 5.74) is 0. The molecule has 0 aliphatic heterocycles. The smallest absolute Gasteiger partial charge is 0.191 e. The molecule has 1 N–H and O–H groups in total. The van der Waals surface area contributed by atoms with Gasteiger partial charge in [-0.15, -0.1) is 10.2 Å². The lowest BCUT2D eigenvalue weighted by molar-refractivity contribution is 0.535. The highest BCUT2D eigenvalue weighted by Crippen LogP contribution is 2.46. The Morgan fingerprint density at radius 1 is 1.25 bits per heavy atom. The first kappa shape index (κ1) is 14.4. The predicted octanol–water partition coefficient (Wildman–Crippen LogP) is 3.36. The molecule has 4 nitrogen and oxygen atoms in total. The van der Waals surface area contributed by atoms with Gasteiger partial charge in [0, 0.05) is 29.8 Å². The summed E-state index contributed by atoms with van der Waals surface area (Å²) in [4.78, 5) is 0. The number of hydrogen-bond acceptors (Lipinski definition) is 4. The van der Waals surface area contributed by atoms with Crippen molar-refractivity contribution in [1.82, 2.24) is 20.1 Å². The minimum atomic E-state index is 0.540. The molecule has 0 amide bonds. The number of nitrogens with one attached hydrogen (secondary N) is 1. The lowest BCUT2D eigenvalue weighted by Crippen LogP contribution is -2.30. The van der Waals surface area contributed by atoms with Crippen molar-refractivity contribution in [3.8, 4) is 0 Å². The molecule has 2 atom stereocenters. The third-order valence-electron chi connectivity index (χ3n) is 4.22. The average molecular weight is 294 g/mol. The van der Waals surface area contributed by atoms with Crippen molar-refractivity contribution in [3.05, 3.63) is 5.82 Å². The van der Waals surface area contributed by atoms with Crippen LogP contribution in [0.1, 0.15) is 70.7 Å². The molecule has 2 saturated carbocycles. The number of hydrogen-bond donors (Lipinski definition) is 1. The maximum absolute atomic E-state index is 4.48. The molecule has 112 valence electrons. The van der Waals surface area contributed by atoms with Gasteiger partial charge in [0.1, 0.15) is 5.82 Å². The first-order valence-corrected chi connectivity index (χ1v) is 8.91. The van der Waals surface area contributed by atoms with Crippen LogP contribution in [0.15, 0.2) is 5.16 Å². The van der Waals surface area contributed by atoms with Crippen LogP contribution in [0.25, 0.3) is 0 Å². The summed E-state index contributed by atoms with van der Waals surface area (Å²) in [5.74, 6) is 1.96. The van der Waals surface area contributed by atoms with Gasteiger partial charge in [0.05, 0.1) is 0 Å². The molecule has 2 aliphatic rings. The molecule has 3 rings (SSSR count). The van der Waals surface area contributed by atoms with Crippen molar-refractivity contribution < 1.29 is 0 Å². The van der Waals surface area contributed by atoms with E-state index in [0.717, 1.165) is 11.7 Å². The van der Waals surface area contributed by atoms with E-state index in [2.05, 4.69) is 40.9 Å². The maximum atomic E-state index is 4.48. The Bertz CT molecular complexity index is 451. The molecule has 2 fully saturated rings. The molecular weight excluding hydrogens is 268 g/mol. The van der Waals surface area contributed by atoms with E-state index >= 15 is 0 Å². The van der Waals surface area contributed by atoms with Crippen LogP contribution in [0.2, 0.25) is 0 Å². The van der Waals surface area contributed by atoms with Crippen LogP contribution in [0, 0.1) is 0 Å². The van der Waals surface area contributed by atoms with Crippen LogP contribution in [-0.4, -0.2) is 32.6 Å². The standard InChI is InChI=1S/C15H26N4S/c1-4-10(2)16-9-11(3)20-15-18-17-14(12-5-6-12)19(15)13-7-8-13/h10-13,16H,4-9H2,1-3H3. The molecule has 0 radical (unpaired) electrons. The van der Waals surface area contributed by atoms with Crippen LogP contribution in [0.4, 0.5) is 0 Å². The molecule has 0 spiro atoms. The molecule has 2 aliphatic carbocycles. The summed E-state index contributed by atoms with van der Waals surface area (Å²) in [6.07, 6.45) is 6.42. The number of rotatable bonds is 8. The Morgan fingerprint density at radius 2 is 2.00 bits per heavy atom. The van der Waals surface area contributed by atoms with Crippen LogP contribution < -0.4 is 5.32 Å². The lowest BCUT2D eigenvalue weighted by Gasteiger charge is -2.16. The van der Waals surface area contributed by atoms with Gasteiger partial charge in [0.15, 0.2) is 5.16 Å². The van der Waals surface area contributed by atoms with Crippen LogP contribution in [-0.2, 0) is 0 Å². The highest BCUT2D eigenvalue weighted by molar-refractivity contribution is 7.99. The molecule has 0 saturated heterocycles. The Labute approximate surface area is 126 Å². The van der Waals surface area contributed by atoms with Crippen molar-refractivity contribution in [1.29, 1.82) is 0 Å². The molecule has 1 aromatic heterocycles. The Morgan fingerprint density at radius 3 is 2.60 bits per heavy atom. The SMILES string of the molecule is CCC(C)NCC(C)Sc1nnc(C2CC2)n1C1CC1. The zero-order chi connectivity index (χ0) is 14.1. The monoisotopic (exact) mass is 294 g/mol. The van der Waals surface area contributed by atoms with E-state index in [-0.39, 0.29) is 0 Å². The quantitative estimate of drug-likeness (QED) is 0.747. The summed E-state index contributed by atoms with van der Waals surface area (Å²) < 4.78 is 2.45. The highest BCUT2D eigenvalue weighted by Gasteiger charge is 2.36. The lowest BCUT2D eigenvalue weighted by atomic mass is 10.2. The zero-order valence-electron chi connectivity index (χ0n) is 12.8. The maximum Gasteiger partial charge on any atom is 0.191 e. The molecule has 0 aromatic carbocycles. The van der Waals surface area contributed by atoms with E-state index < -0.39 is 0 Å². The fourth-order valence-corrected chi connectivity index (χ4v) is 3.38. The second-order valence-corrected chi connectivity index (χ2v) is 7.77. The van der Waals surface area contributed by atoms with Gasteiger partial charge in [-0.05, 0) is 39.0 Å². The van der Waals surface area contributed by atoms with Gasteiger partial charge in [0.25, 0.3) is 0 Å². The summed E-state index contributed by atoms with van der Waals surface area (Å²) in [5, 5.41) is 14.2. The van der Waals surface area contributed by atoms with E-state index in [9.17, 15) is 0 Å². The van der Waals surface area contributed by atoms with E-state index in [0.29, 0.717) is 23.3 Å². The number of aromatic nitrogens is 3. The topological polar surface area (TPSA) is 42.7 Å². The molecular formula is C15H26N4S. The van der Waals surface area contributed by atoms with Crippen LogP contribution in [0.3, 0.4) is 0 Å². The van der Waals surface area contributed by atoms with Gasteiger partial charge in [-0.2, -0.15) is 0 Å². The normalized spacial score (nSPS) is 21.9. The van der Waals surface area contributed by atoms with Crippen LogP contribution in [0.5, 0.6) is 0 Å². The van der Waals surface area contributed by atoms with Crippen molar-refractivity contribution in [2.45, 2.75) is 81.3 Å². The molecule has 5 heteroatoms. The third kappa shape index (κ3) is 3.37. The van der Waals surface area contributed by atoms with Crippen molar-refractivity contribution in [2.24, 2.45) is 0 Å². The second kappa shape index (κ2) is 6.06. The predicted molar refractivity (Wildman–Crippen MR) is 83.3 cm³/mol. The van der Waals surface area contributed by atoms with E-state index in [1.165, 1.54) is 37.9 Å². The summed E-state index contributed by atoms with van der Waals surface area (Å²) in [7, 11) is 0. The van der Waals surface area contributed by atoms with Gasteiger partial charge in [-0.1, -0.05) is 25.6 Å². The largest absolute Gasteiger partial charge is 0.313 e. The molecule has 2 unspecified atom stereocenters. The fourth-order valence-electron chi connectivity index (χ4n) is 2.40. The first-order chi connectivity index (χ1) is 9.69. The Balaban J connectivity index is 1.61. The summed E-state index contributed by atoms with van der Waals surface area (Å²) >= 11 is 1.88. The van der Waals surface area contributed by atoms with Crippen molar-refractivity contribution in [3.63, 3.8) is 0 Å². The molecule has 0 bridgehead atoms. The van der Waals surface area contributed by atoms with Crippen molar-refractivity contribution in [2.75, 3.05) is 6.54 Å². The Kier molecular flexibility index (Phi) is 4.36. The van der Waals surface area contributed by atoms with E-state index in [1.54, 1.807) is 0 Å². The first-order valence-electron chi connectivity index (χ1n) is 8.03. The molecule has 1 heterocycles. The zero-order valence-corrected chi connectivity index (χ0v) is 13.6. The van der Waals surface area contributed by atoms with Gasteiger partial charge in [-0.3, -0.25) is 0 Å². The summed E-state index contributed by atoms with van der Waals surface area (Å²) in [6, 6.07) is 1.29. The molecule has 1 aromatic rings. The minimum absolute atomic E-state index is 0.540.